The molecule has 29 heavy (non-hydrogen) atoms. The van der Waals surface area contributed by atoms with Crippen molar-refractivity contribution < 1.29 is 13.9 Å². The summed E-state index contributed by atoms with van der Waals surface area (Å²) in [6, 6.07) is 17.2. The number of nitrogens with zero attached hydrogens (tertiary/aromatic N) is 4. The standard InChI is InChI=1S/C11H13N3O.C10H8N2O2/c1-9-7-14(13-12-9)8-10-4-3-5-11(6-10)15-2;11-9(13)8-6-14-10(12-8)7-4-2-1-3-5-7/h3-7H,8H2,1-2H3;1-6H,(H2,11,13). The largest absolute Gasteiger partial charge is 0.497 e. The van der Waals surface area contributed by atoms with Gasteiger partial charge in [0.25, 0.3) is 5.91 Å². The number of amides is 1. The third-order valence-corrected chi connectivity index (χ3v) is 3.91. The molecule has 0 spiro atoms. The van der Waals surface area contributed by atoms with Crippen LogP contribution in [0.2, 0.25) is 0 Å². The molecule has 0 unspecified atom stereocenters. The Morgan fingerprint density at radius 3 is 2.59 bits per heavy atom. The summed E-state index contributed by atoms with van der Waals surface area (Å²) in [6.45, 7) is 2.65. The zero-order valence-corrected chi connectivity index (χ0v) is 16.1. The van der Waals surface area contributed by atoms with Crippen molar-refractivity contribution >= 4 is 5.91 Å². The lowest BCUT2D eigenvalue weighted by molar-refractivity contribution is 0.0995. The second-order valence-corrected chi connectivity index (χ2v) is 6.18. The number of primary amides is 1. The Bertz CT molecular complexity index is 1070. The molecule has 2 N–H and O–H groups in total. The molecule has 0 radical (unpaired) electrons. The van der Waals surface area contributed by atoms with E-state index in [2.05, 4.69) is 15.3 Å². The number of ether oxygens (including phenoxy) is 1. The normalized spacial score (nSPS) is 10.1. The molecule has 0 aliphatic carbocycles. The number of rotatable bonds is 5. The van der Waals surface area contributed by atoms with E-state index in [1.165, 1.54) is 6.26 Å². The number of hydrogen-bond acceptors (Lipinski definition) is 6. The Morgan fingerprint density at radius 1 is 1.17 bits per heavy atom. The second-order valence-electron chi connectivity index (χ2n) is 6.18. The maximum Gasteiger partial charge on any atom is 0.270 e. The fourth-order valence-electron chi connectivity index (χ4n) is 2.53. The van der Waals surface area contributed by atoms with Crippen LogP contribution in [0.3, 0.4) is 0 Å². The number of aryl methyl sites for hydroxylation is 1. The SMILES string of the molecule is COc1cccc(Cn2cc(C)nn2)c1.NC(=O)c1coc(-c2ccccc2)n1. The van der Waals surface area contributed by atoms with Crippen molar-refractivity contribution in [3.8, 4) is 17.2 Å². The van der Waals surface area contributed by atoms with Crippen LogP contribution in [-0.4, -0.2) is 33.0 Å². The van der Waals surface area contributed by atoms with Crippen molar-refractivity contribution in [3.63, 3.8) is 0 Å². The van der Waals surface area contributed by atoms with Crippen LogP contribution in [0.1, 0.15) is 21.7 Å². The van der Waals surface area contributed by atoms with E-state index >= 15 is 0 Å². The molecular weight excluding hydrogens is 370 g/mol. The molecule has 2 heterocycles. The molecule has 148 valence electrons. The number of methoxy groups -OCH3 is 1. The Kier molecular flexibility index (Phi) is 6.36. The molecule has 2 aromatic carbocycles. The van der Waals surface area contributed by atoms with Crippen molar-refractivity contribution in [2.45, 2.75) is 13.5 Å². The van der Waals surface area contributed by atoms with E-state index < -0.39 is 5.91 Å². The van der Waals surface area contributed by atoms with Gasteiger partial charge in [0, 0.05) is 11.8 Å². The summed E-state index contributed by atoms with van der Waals surface area (Å²) in [7, 11) is 1.67. The number of nitrogens with two attached hydrogens (primary N) is 1. The van der Waals surface area contributed by atoms with Crippen molar-refractivity contribution in [3.05, 3.63) is 84.0 Å². The van der Waals surface area contributed by atoms with E-state index in [1.54, 1.807) is 7.11 Å². The Labute approximate surface area is 167 Å². The van der Waals surface area contributed by atoms with Crippen LogP contribution < -0.4 is 10.5 Å². The van der Waals surface area contributed by atoms with Crippen LogP contribution in [0, 0.1) is 6.92 Å². The minimum atomic E-state index is -0.587. The van der Waals surface area contributed by atoms with E-state index in [0.717, 1.165) is 29.1 Å². The molecule has 0 aliphatic rings. The van der Waals surface area contributed by atoms with Gasteiger partial charge in [-0.2, -0.15) is 0 Å². The molecule has 4 rings (SSSR count). The fraction of sp³-hybridized carbons (Fsp3) is 0.143. The number of carbonyl (C=O) groups excluding carboxylic acids is 1. The lowest BCUT2D eigenvalue weighted by Gasteiger charge is -2.03. The molecule has 0 saturated carbocycles. The van der Waals surface area contributed by atoms with Gasteiger partial charge in [-0.25, -0.2) is 9.67 Å². The second kappa shape index (κ2) is 9.32. The molecule has 0 fully saturated rings. The molecule has 0 saturated heterocycles. The highest BCUT2D eigenvalue weighted by molar-refractivity contribution is 5.90. The number of benzene rings is 2. The summed E-state index contributed by atoms with van der Waals surface area (Å²) in [5.74, 6) is 0.680. The van der Waals surface area contributed by atoms with Gasteiger partial charge in [0.2, 0.25) is 5.89 Å². The predicted octanol–water partition coefficient (Wildman–Crippen LogP) is 3.08. The Morgan fingerprint density at radius 2 is 1.97 bits per heavy atom. The van der Waals surface area contributed by atoms with Crippen LogP contribution in [0.4, 0.5) is 0 Å². The van der Waals surface area contributed by atoms with E-state index in [1.807, 2.05) is 72.4 Å². The topological polar surface area (TPSA) is 109 Å². The minimum absolute atomic E-state index is 0.142. The van der Waals surface area contributed by atoms with Gasteiger partial charge in [0.05, 0.1) is 19.3 Å². The quantitative estimate of drug-likeness (QED) is 0.560. The molecule has 1 amide bonds. The highest BCUT2D eigenvalue weighted by atomic mass is 16.5. The lowest BCUT2D eigenvalue weighted by Crippen LogP contribution is -2.10. The Hall–Kier alpha value is -3.94. The highest BCUT2D eigenvalue weighted by Crippen LogP contribution is 2.17. The number of hydrogen-bond donors (Lipinski definition) is 1. The molecule has 2 aromatic heterocycles. The van der Waals surface area contributed by atoms with E-state index in [9.17, 15) is 4.79 Å². The maximum atomic E-state index is 10.7. The summed E-state index contributed by atoms with van der Waals surface area (Å²) in [6.07, 6.45) is 3.17. The van der Waals surface area contributed by atoms with E-state index in [-0.39, 0.29) is 5.69 Å². The lowest BCUT2D eigenvalue weighted by atomic mass is 10.2. The van der Waals surface area contributed by atoms with Gasteiger partial charge in [-0.3, -0.25) is 4.79 Å². The third-order valence-electron chi connectivity index (χ3n) is 3.91. The third kappa shape index (κ3) is 5.52. The van der Waals surface area contributed by atoms with Crippen LogP contribution in [0.15, 0.2) is 71.5 Å². The molecule has 8 nitrogen and oxygen atoms in total. The first-order valence-corrected chi connectivity index (χ1v) is 8.85. The first-order valence-electron chi connectivity index (χ1n) is 8.85. The van der Waals surface area contributed by atoms with Gasteiger partial charge in [0.1, 0.15) is 12.0 Å². The van der Waals surface area contributed by atoms with Gasteiger partial charge in [-0.15, -0.1) is 5.10 Å². The summed E-state index contributed by atoms with van der Waals surface area (Å²) < 4.78 is 12.1. The molecule has 0 bridgehead atoms. The van der Waals surface area contributed by atoms with Crippen molar-refractivity contribution in [1.82, 2.24) is 20.0 Å². The average molecular weight is 391 g/mol. The van der Waals surface area contributed by atoms with Crippen LogP contribution in [-0.2, 0) is 6.54 Å². The zero-order valence-electron chi connectivity index (χ0n) is 16.1. The summed E-state index contributed by atoms with van der Waals surface area (Å²) in [5.41, 5.74) is 8.09. The summed E-state index contributed by atoms with van der Waals surface area (Å²) >= 11 is 0. The van der Waals surface area contributed by atoms with Crippen molar-refractivity contribution in [2.75, 3.05) is 7.11 Å². The molecule has 0 atom stereocenters. The number of oxazole rings is 1. The average Bonchev–Trinajstić information content (AvgIpc) is 3.39. The molecule has 4 aromatic rings. The Balaban J connectivity index is 0.000000166. The van der Waals surface area contributed by atoms with Gasteiger partial charge < -0.3 is 14.9 Å². The zero-order chi connectivity index (χ0) is 20.6. The smallest absolute Gasteiger partial charge is 0.270 e. The van der Waals surface area contributed by atoms with Crippen molar-refractivity contribution in [1.29, 1.82) is 0 Å². The fourth-order valence-corrected chi connectivity index (χ4v) is 2.53. The van der Waals surface area contributed by atoms with Gasteiger partial charge in [-0.05, 0) is 36.8 Å². The first kappa shape index (κ1) is 19.8. The number of aromatic nitrogens is 4. The monoisotopic (exact) mass is 391 g/mol. The van der Waals surface area contributed by atoms with Gasteiger partial charge in [0.15, 0.2) is 5.69 Å². The molecule has 8 heteroatoms. The maximum absolute atomic E-state index is 10.7. The minimum Gasteiger partial charge on any atom is -0.497 e. The first-order chi connectivity index (χ1) is 14.0. The van der Waals surface area contributed by atoms with Gasteiger partial charge >= 0.3 is 0 Å². The van der Waals surface area contributed by atoms with Gasteiger partial charge in [-0.1, -0.05) is 35.5 Å². The molecule has 0 aliphatic heterocycles. The van der Waals surface area contributed by atoms with Crippen LogP contribution >= 0.6 is 0 Å². The summed E-state index contributed by atoms with van der Waals surface area (Å²) in [5, 5.41) is 7.93. The molecular formula is C21H21N5O3. The van der Waals surface area contributed by atoms with Crippen molar-refractivity contribution in [2.24, 2.45) is 5.73 Å². The van der Waals surface area contributed by atoms with Crippen LogP contribution in [0.25, 0.3) is 11.5 Å². The van der Waals surface area contributed by atoms with E-state index in [4.69, 9.17) is 14.9 Å². The van der Waals surface area contributed by atoms with E-state index in [0.29, 0.717) is 5.89 Å². The number of carbonyl (C=O) groups is 1. The highest BCUT2D eigenvalue weighted by Gasteiger charge is 2.09. The van der Waals surface area contributed by atoms with Crippen LogP contribution in [0.5, 0.6) is 5.75 Å². The summed E-state index contributed by atoms with van der Waals surface area (Å²) in [4.78, 5) is 14.7. The predicted molar refractivity (Wildman–Crippen MR) is 107 cm³/mol.